The van der Waals surface area contributed by atoms with Crippen molar-refractivity contribution in [2.24, 2.45) is 0 Å². The Hall–Kier alpha value is -2.56. The van der Waals surface area contributed by atoms with Crippen molar-refractivity contribution < 1.29 is 13.7 Å². The predicted octanol–water partition coefficient (Wildman–Crippen LogP) is 3.61. The van der Waals surface area contributed by atoms with Crippen LogP contribution < -0.4 is 4.74 Å². The Kier molecular flexibility index (Phi) is 2.77. The Morgan fingerprint density at radius 3 is 2.95 bits per heavy atom. The molecule has 0 N–H and O–H groups in total. The fourth-order valence-electron chi connectivity index (χ4n) is 2.55. The van der Waals surface area contributed by atoms with E-state index in [2.05, 4.69) is 10.1 Å². The fourth-order valence-corrected chi connectivity index (χ4v) is 2.55. The maximum atomic E-state index is 5.42. The maximum Gasteiger partial charge on any atom is 0.230 e. The van der Waals surface area contributed by atoms with Gasteiger partial charge in [0, 0.05) is 17.4 Å². The molecule has 0 saturated heterocycles. The first-order chi connectivity index (χ1) is 10.3. The van der Waals surface area contributed by atoms with Gasteiger partial charge in [0.25, 0.3) is 0 Å². The molecule has 0 radical (unpaired) electrons. The molecule has 2 heterocycles. The average Bonchev–Trinajstić information content (AvgIpc) is 2.97. The van der Waals surface area contributed by atoms with Crippen molar-refractivity contribution in [1.82, 2.24) is 10.1 Å². The summed E-state index contributed by atoms with van der Waals surface area (Å²) in [6, 6.07) is 11.5. The van der Waals surface area contributed by atoms with Gasteiger partial charge in [0.2, 0.25) is 11.7 Å². The lowest BCUT2D eigenvalue weighted by atomic mass is 10.2. The lowest BCUT2D eigenvalue weighted by Crippen LogP contribution is -1.86. The topological polar surface area (TPSA) is 61.3 Å². The molecule has 3 aromatic rings. The zero-order chi connectivity index (χ0) is 14.2. The number of methoxy groups -OCH3 is 1. The third-order valence-electron chi connectivity index (χ3n) is 3.79. The van der Waals surface area contributed by atoms with Crippen molar-refractivity contribution in [1.29, 1.82) is 0 Å². The van der Waals surface area contributed by atoms with Gasteiger partial charge in [-0.1, -0.05) is 17.3 Å². The minimum atomic E-state index is 0.267. The maximum absolute atomic E-state index is 5.42. The van der Waals surface area contributed by atoms with Gasteiger partial charge in [0.1, 0.15) is 11.5 Å². The average molecular weight is 282 g/mol. The monoisotopic (exact) mass is 282 g/mol. The van der Waals surface area contributed by atoms with E-state index in [4.69, 9.17) is 13.7 Å². The normalized spacial score (nSPS) is 20.4. The molecule has 2 aromatic heterocycles. The van der Waals surface area contributed by atoms with Crippen LogP contribution in [0.2, 0.25) is 0 Å². The quantitative estimate of drug-likeness (QED) is 0.731. The minimum absolute atomic E-state index is 0.267. The second-order valence-electron chi connectivity index (χ2n) is 5.15. The van der Waals surface area contributed by atoms with Crippen molar-refractivity contribution in [2.75, 3.05) is 7.11 Å². The van der Waals surface area contributed by atoms with Gasteiger partial charge in [-0.3, -0.25) is 0 Å². The summed E-state index contributed by atoms with van der Waals surface area (Å²) >= 11 is 0. The van der Waals surface area contributed by atoms with Crippen LogP contribution in [0.4, 0.5) is 0 Å². The van der Waals surface area contributed by atoms with E-state index in [1.807, 2.05) is 36.4 Å². The van der Waals surface area contributed by atoms with E-state index < -0.39 is 0 Å². The van der Waals surface area contributed by atoms with E-state index in [1.54, 1.807) is 13.4 Å². The molecule has 4 rings (SSSR count). The van der Waals surface area contributed by atoms with Crippen LogP contribution >= 0.6 is 0 Å². The Morgan fingerprint density at radius 2 is 2.14 bits per heavy atom. The van der Waals surface area contributed by atoms with E-state index >= 15 is 0 Å². The van der Waals surface area contributed by atoms with Crippen LogP contribution in [0.25, 0.3) is 11.4 Å². The second-order valence-corrected chi connectivity index (χ2v) is 5.15. The van der Waals surface area contributed by atoms with Crippen LogP contribution in [0.1, 0.15) is 29.9 Å². The summed E-state index contributed by atoms with van der Waals surface area (Å²) in [4.78, 5) is 4.50. The number of hydrogen-bond acceptors (Lipinski definition) is 5. The first kappa shape index (κ1) is 12.2. The van der Waals surface area contributed by atoms with Gasteiger partial charge in [0.15, 0.2) is 0 Å². The van der Waals surface area contributed by atoms with Gasteiger partial charge in [-0.15, -0.1) is 0 Å². The summed E-state index contributed by atoms with van der Waals surface area (Å²) in [5.74, 6) is 3.66. The van der Waals surface area contributed by atoms with E-state index in [1.165, 1.54) is 0 Å². The number of ether oxygens (including phenoxy) is 1. The molecule has 1 aliphatic rings. The Morgan fingerprint density at radius 1 is 1.19 bits per heavy atom. The Bertz CT molecular complexity index is 748. The molecule has 1 aromatic carbocycles. The molecule has 21 heavy (non-hydrogen) atoms. The van der Waals surface area contributed by atoms with Gasteiger partial charge in [0.05, 0.1) is 13.4 Å². The molecular formula is C16H14N2O3. The van der Waals surface area contributed by atoms with Gasteiger partial charge < -0.3 is 13.7 Å². The Labute approximate surface area is 121 Å². The molecule has 106 valence electrons. The molecular weight excluding hydrogens is 268 g/mol. The van der Waals surface area contributed by atoms with Crippen molar-refractivity contribution in [3.05, 3.63) is 54.3 Å². The van der Waals surface area contributed by atoms with Crippen LogP contribution in [0.5, 0.6) is 5.75 Å². The molecule has 5 nitrogen and oxygen atoms in total. The SMILES string of the molecule is COc1cccc(-c2noc(C3CC3c3ccco3)n2)c1. The molecule has 2 unspecified atom stereocenters. The number of hydrogen-bond donors (Lipinski definition) is 0. The van der Waals surface area contributed by atoms with Gasteiger partial charge in [-0.05, 0) is 30.7 Å². The van der Waals surface area contributed by atoms with Crippen molar-refractivity contribution in [3.8, 4) is 17.1 Å². The van der Waals surface area contributed by atoms with Crippen molar-refractivity contribution in [2.45, 2.75) is 18.3 Å². The molecule has 0 aliphatic heterocycles. The summed E-state index contributed by atoms with van der Waals surface area (Å²) in [6.45, 7) is 0. The van der Waals surface area contributed by atoms with Crippen LogP contribution in [-0.4, -0.2) is 17.3 Å². The lowest BCUT2D eigenvalue weighted by molar-refractivity contribution is 0.376. The number of rotatable bonds is 4. The molecule has 2 atom stereocenters. The smallest absolute Gasteiger partial charge is 0.230 e. The number of benzene rings is 1. The molecule has 0 bridgehead atoms. The number of aromatic nitrogens is 2. The van der Waals surface area contributed by atoms with Crippen molar-refractivity contribution in [3.63, 3.8) is 0 Å². The molecule has 5 heteroatoms. The van der Waals surface area contributed by atoms with Crippen molar-refractivity contribution >= 4 is 0 Å². The summed E-state index contributed by atoms with van der Waals surface area (Å²) in [7, 11) is 1.64. The van der Waals surface area contributed by atoms with E-state index in [0.717, 1.165) is 23.5 Å². The predicted molar refractivity (Wildman–Crippen MR) is 75.1 cm³/mol. The van der Waals surface area contributed by atoms with Crippen LogP contribution in [0.15, 0.2) is 51.6 Å². The zero-order valence-electron chi connectivity index (χ0n) is 11.5. The van der Waals surface area contributed by atoms with Gasteiger partial charge >= 0.3 is 0 Å². The third kappa shape index (κ3) is 2.20. The molecule has 0 amide bonds. The zero-order valence-corrected chi connectivity index (χ0v) is 11.5. The van der Waals surface area contributed by atoms with Crippen LogP contribution in [0.3, 0.4) is 0 Å². The molecule has 1 saturated carbocycles. The lowest BCUT2D eigenvalue weighted by Gasteiger charge is -1.99. The van der Waals surface area contributed by atoms with E-state index in [0.29, 0.717) is 17.6 Å². The summed E-state index contributed by atoms with van der Waals surface area (Å²) in [6.07, 6.45) is 2.69. The highest BCUT2D eigenvalue weighted by Crippen LogP contribution is 2.54. The van der Waals surface area contributed by atoms with Gasteiger partial charge in [-0.2, -0.15) is 4.98 Å². The third-order valence-corrected chi connectivity index (χ3v) is 3.79. The van der Waals surface area contributed by atoms with Crippen LogP contribution in [0, 0.1) is 0 Å². The summed E-state index contributed by atoms with van der Waals surface area (Å²) < 4.78 is 16.0. The van der Waals surface area contributed by atoms with E-state index in [-0.39, 0.29) is 5.92 Å². The second kappa shape index (κ2) is 4.77. The van der Waals surface area contributed by atoms with Gasteiger partial charge in [-0.25, -0.2) is 0 Å². The standard InChI is InChI=1S/C16H14N2O3/c1-19-11-5-2-4-10(8-11)15-17-16(21-18-15)13-9-12(13)14-6-3-7-20-14/h2-8,12-13H,9H2,1H3. The molecule has 1 fully saturated rings. The van der Waals surface area contributed by atoms with Crippen LogP contribution in [-0.2, 0) is 0 Å². The summed E-state index contributed by atoms with van der Waals surface area (Å²) in [5, 5.41) is 4.07. The number of furan rings is 1. The molecule has 0 spiro atoms. The summed E-state index contributed by atoms with van der Waals surface area (Å²) in [5.41, 5.74) is 0.888. The highest BCUT2D eigenvalue weighted by atomic mass is 16.5. The van der Waals surface area contributed by atoms with E-state index in [9.17, 15) is 0 Å². The highest BCUT2D eigenvalue weighted by molar-refractivity contribution is 5.57. The largest absolute Gasteiger partial charge is 0.497 e. The first-order valence-corrected chi connectivity index (χ1v) is 6.86. The number of nitrogens with zero attached hydrogens (tertiary/aromatic N) is 2. The highest BCUT2D eigenvalue weighted by Gasteiger charge is 2.45. The first-order valence-electron chi connectivity index (χ1n) is 6.86. The Balaban J connectivity index is 1.56. The fraction of sp³-hybridized carbons (Fsp3) is 0.250. The molecule has 1 aliphatic carbocycles. The minimum Gasteiger partial charge on any atom is -0.497 e.